The van der Waals surface area contributed by atoms with E-state index < -0.39 is 11.6 Å². The van der Waals surface area contributed by atoms with Gasteiger partial charge in [-0.2, -0.15) is 5.10 Å². The average molecular weight is 279 g/mol. The zero-order chi connectivity index (χ0) is 14.7. The first-order valence-electron chi connectivity index (χ1n) is 6.69. The van der Waals surface area contributed by atoms with E-state index in [0.29, 0.717) is 12.0 Å². The summed E-state index contributed by atoms with van der Waals surface area (Å²) in [7, 11) is 1.86. The molecule has 0 fully saturated rings. The van der Waals surface area contributed by atoms with Crippen molar-refractivity contribution in [2.75, 3.05) is 6.54 Å². The first-order chi connectivity index (χ1) is 9.52. The highest BCUT2D eigenvalue weighted by molar-refractivity contribution is 5.23. The zero-order valence-electron chi connectivity index (χ0n) is 12.0. The molecule has 0 aliphatic carbocycles. The predicted molar refractivity (Wildman–Crippen MR) is 74.4 cm³/mol. The molecule has 2 aromatic rings. The van der Waals surface area contributed by atoms with Gasteiger partial charge >= 0.3 is 0 Å². The maximum absolute atomic E-state index is 13.8. The first kappa shape index (κ1) is 14.7. The van der Waals surface area contributed by atoms with Crippen molar-refractivity contribution in [3.63, 3.8) is 0 Å². The molecule has 0 bridgehead atoms. The van der Waals surface area contributed by atoms with Crippen LogP contribution in [0.15, 0.2) is 24.3 Å². The van der Waals surface area contributed by atoms with Gasteiger partial charge in [0.15, 0.2) is 11.6 Å². The minimum absolute atomic E-state index is 0.0949. The third-order valence-electron chi connectivity index (χ3n) is 3.30. The van der Waals surface area contributed by atoms with Crippen molar-refractivity contribution in [3.05, 3.63) is 52.9 Å². The van der Waals surface area contributed by atoms with Crippen LogP contribution in [-0.4, -0.2) is 16.3 Å². The SMILES string of the molecule is CCNC(Cc1cccc(F)c1F)c1cc(C)nn1C. The van der Waals surface area contributed by atoms with Crippen molar-refractivity contribution in [1.29, 1.82) is 0 Å². The topological polar surface area (TPSA) is 29.9 Å². The van der Waals surface area contributed by atoms with Gasteiger partial charge < -0.3 is 5.32 Å². The number of rotatable bonds is 5. The number of halogens is 2. The van der Waals surface area contributed by atoms with Crippen molar-refractivity contribution < 1.29 is 8.78 Å². The van der Waals surface area contributed by atoms with Gasteiger partial charge in [-0.15, -0.1) is 0 Å². The summed E-state index contributed by atoms with van der Waals surface area (Å²) >= 11 is 0. The van der Waals surface area contributed by atoms with Crippen LogP contribution in [0.1, 0.15) is 29.9 Å². The first-order valence-corrected chi connectivity index (χ1v) is 6.69. The smallest absolute Gasteiger partial charge is 0.162 e. The van der Waals surface area contributed by atoms with Gasteiger partial charge in [0.1, 0.15) is 0 Å². The number of hydrogen-bond donors (Lipinski definition) is 1. The fourth-order valence-corrected chi connectivity index (χ4v) is 2.41. The van der Waals surface area contributed by atoms with Crippen LogP contribution in [0.4, 0.5) is 8.78 Å². The normalized spacial score (nSPS) is 12.7. The van der Waals surface area contributed by atoms with E-state index in [1.807, 2.05) is 27.0 Å². The summed E-state index contributed by atoms with van der Waals surface area (Å²) in [4.78, 5) is 0. The molecule has 0 amide bonds. The van der Waals surface area contributed by atoms with Gasteiger partial charge in [-0.1, -0.05) is 19.1 Å². The monoisotopic (exact) mass is 279 g/mol. The number of aryl methyl sites for hydroxylation is 2. The summed E-state index contributed by atoms with van der Waals surface area (Å²) in [6.45, 7) is 4.64. The van der Waals surface area contributed by atoms with Crippen LogP contribution in [0.2, 0.25) is 0 Å². The highest BCUT2D eigenvalue weighted by atomic mass is 19.2. The third-order valence-corrected chi connectivity index (χ3v) is 3.30. The van der Waals surface area contributed by atoms with E-state index in [1.165, 1.54) is 6.07 Å². The van der Waals surface area contributed by atoms with Gasteiger partial charge in [-0.05, 0) is 37.6 Å². The standard InChI is InChI=1S/C15H19F2N3/c1-4-18-13(14-8-10(2)19-20(14)3)9-11-6-5-7-12(16)15(11)17/h5-8,13,18H,4,9H2,1-3H3. The summed E-state index contributed by atoms with van der Waals surface area (Å²) in [5.41, 5.74) is 2.24. The second-order valence-electron chi connectivity index (χ2n) is 4.86. The van der Waals surface area contributed by atoms with Gasteiger partial charge in [0.05, 0.1) is 17.4 Å². The molecular weight excluding hydrogens is 260 g/mol. The van der Waals surface area contributed by atoms with Crippen LogP contribution in [-0.2, 0) is 13.5 Å². The van der Waals surface area contributed by atoms with Crippen molar-refractivity contribution in [1.82, 2.24) is 15.1 Å². The second-order valence-corrected chi connectivity index (χ2v) is 4.86. The maximum atomic E-state index is 13.8. The van der Waals surface area contributed by atoms with E-state index >= 15 is 0 Å². The molecule has 3 nitrogen and oxygen atoms in total. The Labute approximate surface area is 117 Å². The number of aromatic nitrogens is 2. The maximum Gasteiger partial charge on any atom is 0.162 e. The fourth-order valence-electron chi connectivity index (χ4n) is 2.41. The molecule has 0 saturated carbocycles. The van der Waals surface area contributed by atoms with Crippen LogP contribution in [0.3, 0.4) is 0 Å². The number of nitrogens with zero attached hydrogens (tertiary/aromatic N) is 2. The Morgan fingerprint density at radius 2 is 2.10 bits per heavy atom. The van der Waals surface area contributed by atoms with E-state index in [9.17, 15) is 8.78 Å². The van der Waals surface area contributed by atoms with Crippen LogP contribution in [0.25, 0.3) is 0 Å². The zero-order valence-corrected chi connectivity index (χ0v) is 12.0. The molecule has 0 spiro atoms. The van der Waals surface area contributed by atoms with Gasteiger partial charge in [0.2, 0.25) is 0 Å². The molecule has 5 heteroatoms. The second kappa shape index (κ2) is 6.13. The van der Waals surface area contributed by atoms with Crippen LogP contribution >= 0.6 is 0 Å². The average Bonchev–Trinajstić information content (AvgIpc) is 2.73. The molecule has 0 saturated heterocycles. The molecule has 1 aromatic heterocycles. The molecule has 1 unspecified atom stereocenters. The molecular formula is C15H19F2N3. The highest BCUT2D eigenvalue weighted by Crippen LogP contribution is 2.21. The lowest BCUT2D eigenvalue weighted by molar-refractivity contribution is 0.469. The van der Waals surface area contributed by atoms with Crippen molar-refractivity contribution in [3.8, 4) is 0 Å². The molecule has 0 aliphatic rings. The van der Waals surface area contributed by atoms with Crippen molar-refractivity contribution in [2.45, 2.75) is 26.3 Å². The number of benzene rings is 1. The summed E-state index contributed by atoms with van der Waals surface area (Å²) in [6.07, 6.45) is 0.385. The molecule has 1 atom stereocenters. The van der Waals surface area contributed by atoms with Crippen LogP contribution in [0.5, 0.6) is 0 Å². The van der Waals surface area contributed by atoms with E-state index in [4.69, 9.17) is 0 Å². The fraction of sp³-hybridized carbons (Fsp3) is 0.400. The lowest BCUT2D eigenvalue weighted by atomic mass is 10.0. The van der Waals surface area contributed by atoms with E-state index in [0.717, 1.165) is 24.0 Å². The van der Waals surface area contributed by atoms with E-state index in [-0.39, 0.29) is 6.04 Å². The molecule has 0 aliphatic heterocycles. The lowest BCUT2D eigenvalue weighted by Crippen LogP contribution is -2.25. The Balaban J connectivity index is 2.30. The predicted octanol–water partition coefficient (Wildman–Crippen LogP) is 2.90. The Morgan fingerprint density at radius 1 is 1.35 bits per heavy atom. The summed E-state index contributed by atoms with van der Waals surface area (Å²) in [6, 6.07) is 6.15. The van der Waals surface area contributed by atoms with Gasteiger partial charge in [-0.25, -0.2) is 8.78 Å². The van der Waals surface area contributed by atoms with E-state index in [2.05, 4.69) is 10.4 Å². The molecule has 1 aromatic carbocycles. The van der Waals surface area contributed by atoms with Gasteiger partial charge in [0, 0.05) is 7.05 Å². The quantitative estimate of drug-likeness (QED) is 0.912. The Bertz CT molecular complexity index is 593. The van der Waals surface area contributed by atoms with Crippen molar-refractivity contribution >= 4 is 0 Å². The molecule has 1 heterocycles. The van der Waals surface area contributed by atoms with Gasteiger partial charge in [-0.3, -0.25) is 4.68 Å². The molecule has 20 heavy (non-hydrogen) atoms. The Hall–Kier alpha value is -1.75. The largest absolute Gasteiger partial charge is 0.309 e. The summed E-state index contributed by atoms with van der Waals surface area (Å²) < 4.78 is 28.9. The molecule has 0 radical (unpaired) electrons. The van der Waals surface area contributed by atoms with Crippen molar-refractivity contribution in [2.24, 2.45) is 7.05 Å². The number of hydrogen-bond acceptors (Lipinski definition) is 2. The number of likely N-dealkylation sites (N-methyl/N-ethyl adjacent to an activating group) is 1. The number of nitrogens with one attached hydrogen (secondary N) is 1. The third kappa shape index (κ3) is 3.04. The summed E-state index contributed by atoms with van der Waals surface area (Å²) in [5.74, 6) is -1.58. The Morgan fingerprint density at radius 3 is 2.70 bits per heavy atom. The lowest BCUT2D eigenvalue weighted by Gasteiger charge is -2.18. The van der Waals surface area contributed by atoms with E-state index in [1.54, 1.807) is 10.7 Å². The molecule has 1 N–H and O–H groups in total. The van der Waals surface area contributed by atoms with Crippen LogP contribution in [0, 0.1) is 18.6 Å². The molecule has 2 rings (SSSR count). The highest BCUT2D eigenvalue weighted by Gasteiger charge is 2.18. The minimum Gasteiger partial charge on any atom is -0.309 e. The Kier molecular flexibility index (Phi) is 4.49. The molecule has 108 valence electrons. The van der Waals surface area contributed by atoms with Crippen LogP contribution < -0.4 is 5.32 Å². The minimum atomic E-state index is -0.807. The summed E-state index contributed by atoms with van der Waals surface area (Å²) in [5, 5.41) is 7.60. The van der Waals surface area contributed by atoms with Gasteiger partial charge in [0.25, 0.3) is 0 Å².